The molecule has 2 nitrogen and oxygen atoms in total. The van der Waals surface area contributed by atoms with E-state index in [1.54, 1.807) is 6.07 Å². The molecule has 0 aliphatic heterocycles. The van der Waals surface area contributed by atoms with E-state index in [0.29, 0.717) is 0 Å². The molecule has 1 rings (SSSR count). The number of aromatic nitrogens is 1. The number of hydrogen-bond acceptors (Lipinski definition) is 2. The molecule has 76 valence electrons. The number of halogens is 1. The van der Waals surface area contributed by atoms with E-state index < -0.39 is 24.2 Å². The first-order valence-corrected chi connectivity index (χ1v) is 14.5. The Hall–Kier alpha value is -0.451. The van der Waals surface area contributed by atoms with Crippen molar-refractivity contribution in [2.24, 2.45) is 0 Å². The van der Waals surface area contributed by atoms with E-state index in [0.717, 1.165) is 3.71 Å². The van der Waals surface area contributed by atoms with Gasteiger partial charge in [-0.3, -0.25) is 0 Å². The Morgan fingerprint density at radius 2 is 1.93 bits per heavy atom. The summed E-state index contributed by atoms with van der Waals surface area (Å²) in [5.41, 5.74) is -0.0193. The molecule has 14 heavy (non-hydrogen) atoms. The van der Waals surface area contributed by atoms with Crippen LogP contribution in [0, 0.1) is 5.82 Å². The molecule has 0 aliphatic rings. The van der Waals surface area contributed by atoms with Gasteiger partial charge in [0.2, 0.25) is 0 Å². The van der Waals surface area contributed by atoms with Crippen LogP contribution in [0.2, 0.25) is 14.8 Å². The van der Waals surface area contributed by atoms with Gasteiger partial charge in [0.1, 0.15) is 0 Å². The Kier molecular flexibility index (Phi) is 3.29. The Bertz CT molecular complexity index is 371. The van der Waals surface area contributed by atoms with Crippen molar-refractivity contribution < 1.29 is 9.18 Å². The number of carbonyl (C=O) groups excluding carboxylic acids is 1. The van der Waals surface area contributed by atoms with Crippen LogP contribution in [0.5, 0.6) is 0 Å². The zero-order valence-electron chi connectivity index (χ0n) is 8.89. The van der Waals surface area contributed by atoms with Crippen molar-refractivity contribution >= 4 is 27.9 Å². The predicted octanol–water partition coefficient (Wildman–Crippen LogP) is 1.97. The van der Waals surface area contributed by atoms with Gasteiger partial charge in [-0.15, -0.1) is 0 Å². The van der Waals surface area contributed by atoms with Crippen molar-refractivity contribution in [1.29, 1.82) is 0 Å². The van der Waals surface area contributed by atoms with Gasteiger partial charge in [-0.05, 0) is 0 Å². The summed E-state index contributed by atoms with van der Waals surface area (Å²) >= 11 is -2.28. The van der Waals surface area contributed by atoms with Crippen LogP contribution in [0.3, 0.4) is 0 Å². The van der Waals surface area contributed by atoms with E-state index in [1.165, 1.54) is 13.0 Å². The number of pyridine rings is 1. The van der Waals surface area contributed by atoms with Crippen LogP contribution in [-0.2, 0) is 0 Å². The average molecular weight is 302 g/mol. The number of hydrogen-bond donors (Lipinski definition) is 0. The van der Waals surface area contributed by atoms with Crippen LogP contribution in [0.15, 0.2) is 12.1 Å². The summed E-state index contributed by atoms with van der Waals surface area (Å²) in [6, 6.07) is 3.05. The first-order chi connectivity index (χ1) is 6.32. The van der Waals surface area contributed by atoms with E-state index >= 15 is 0 Å². The van der Waals surface area contributed by atoms with Crippen LogP contribution >= 0.6 is 0 Å². The standard InChI is InChI=1S/C7H5FNO.3CH3.Sn/c1-5(10)7-6(8)3-2-4-9-7;;;;/h2-3H,1H3;3*1H3;. The monoisotopic (exact) mass is 303 g/mol. The summed E-state index contributed by atoms with van der Waals surface area (Å²) in [5, 5.41) is 0. The first-order valence-electron chi connectivity index (χ1n) is 4.50. The van der Waals surface area contributed by atoms with Gasteiger partial charge in [0.25, 0.3) is 0 Å². The first kappa shape index (κ1) is 11.6. The molecule has 4 heteroatoms. The number of rotatable bonds is 2. The molecule has 0 bridgehead atoms. The molecular weight excluding hydrogens is 288 g/mol. The molecule has 0 fully saturated rings. The summed E-state index contributed by atoms with van der Waals surface area (Å²) < 4.78 is 14.1. The Morgan fingerprint density at radius 1 is 1.36 bits per heavy atom. The average Bonchev–Trinajstić information content (AvgIpc) is 2.02. The van der Waals surface area contributed by atoms with E-state index in [4.69, 9.17) is 0 Å². The van der Waals surface area contributed by atoms with Gasteiger partial charge < -0.3 is 0 Å². The van der Waals surface area contributed by atoms with Gasteiger partial charge in [-0.25, -0.2) is 0 Å². The summed E-state index contributed by atoms with van der Waals surface area (Å²) in [4.78, 5) is 21.7. The van der Waals surface area contributed by atoms with Gasteiger partial charge in [-0.1, -0.05) is 0 Å². The second kappa shape index (κ2) is 3.96. The van der Waals surface area contributed by atoms with E-state index in [2.05, 4.69) is 19.8 Å². The third-order valence-electron chi connectivity index (χ3n) is 1.95. The second-order valence-electron chi connectivity index (χ2n) is 4.33. The van der Waals surface area contributed by atoms with Crippen molar-refractivity contribution in [2.45, 2.75) is 21.7 Å². The van der Waals surface area contributed by atoms with Crippen LogP contribution in [0.4, 0.5) is 4.39 Å². The van der Waals surface area contributed by atoms with E-state index in [1.807, 2.05) is 0 Å². The van der Waals surface area contributed by atoms with Gasteiger partial charge >= 0.3 is 87.4 Å². The number of nitrogens with zero attached hydrogens (tertiary/aromatic N) is 1. The van der Waals surface area contributed by atoms with Gasteiger partial charge in [0, 0.05) is 0 Å². The summed E-state index contributed by atoms with van der Waals surface area (Å²) in [6.45, 7) is 1.34. The van der Waals surface area contributed by atoms with Crippen molar-refractivity contribution in [3.8, 4) is 0 Å². The van der Waals surface area contributed by atoms with Crippen LogP contribution < -0.4 is 3.71 Å². The Balaban J connectivity index is 3.27. The molecule has 1 heterocycles. The second-order valence-corrected chi connectivity index (χ2v) is 18.6. The fourth-order valence-corrected chi connectivity index (χ4v) is 4.05. The van der Waals surface area contributed by atoms with E-state index in [-0.39, 0.29) is 11.5 Å². The molecule has 0 atom stereocenters. The fourth-order valence-electron chi connectivity index (χ4n) is 1.11. The fraction of sp³-hybridized carbons (Fsp3) is 0.400. The molecular formula is C10H14FNOSn. The molecule has 0 saturated carbocycles. The summed E-state index contributed by atoms with van der Waals surface area (Å²) in [6.07, 6.45) is 0. The quantitative estimate of drug-likeness (QED) is 0.617. The molecule has 1 aromatic rings. The Labute approximate surface area is 87.4 Å². The predicted molar refractivity (Wildman–Crippen MR) is 57.2 cm³/mol. The van der Waals surface area contributed by atoms with Gasteiger partial charge in [0.05, 0.1) is 0 Å². The normalized spacial score (nSPS) is 11.5. The maximum atomic E-state index is 13.1. The van der Waals surface area contributed by atoms with Crippen molar-refractivity contribution in [3.63, 3.8) is 0 Å². The molecule has 0 radical (unpaired) electrons. The Morgan fingerprint density at radius 3 is 2.36 bits per heavy atom. The third-order valence-corrected chi connectivity index (χ3v) is 7.13. The number of Topliss-reactive ketones (excluding diaryl/α,β-unsaturated/α-hetero) is 1. The van der Waals surface area contributed by atoms with Crippen LogP contribution in [-0.4, -0.2) is 29.1 Å². The van der Waals surface area contributed by atoms with Crippen molar-refractivity contribution in [1.82, 2.24) is 4.98 Å². The molecule has 0 aromatic carbocycles. The molecule has 0 unspecified atom stereocenters. The SMILES string of the molecule is CC(=O)c1n[c]([Sn]([CH3])([CH3])[CH3])ccc1F. The van der Waals surface area contributed by atoms with Gasteiger partial charge in [0.15, 0.2) is 0 Å². The third kappa shape index (κ3) is 2.53. The van der Waals surface area contributed by atoms with Gasteiger partial charge in [-0.2, -0.15) is 0 Å². The minimum atomic E-state index is -2.28. The van der Waals surface area contributed by atoms with E-state index in [9.17, 15) is 9.18 Å². The molecule has 0 spiro atoms. The van der Waals surface area contributed by atoms with Crippen LogP contribution in [0.25, 0.3) is 0 Å². The summed E-state index contributed by atoms with van der Waals surface area (Å²) in [5.74, 6) is -0.823. The van der Waals surface area contributed by atoms with Crippen molar-refractivity contribution in [3.05, 3.63) is 23.6 Å². The minimum absolute atomic E-state index is 0.0193. The zero-order chi connectivity index (χ0) is 10.9. The van der Waals surface area contributed by atoms with Crippen molar-refractivity contribution in [2.75, 3.05) is 0 Å². The topological polar surface area (TPSA) is 30.0 Å². The van der Waals surface area contributed by atoms with Crippen LogP contribution in [0.1, 0.15) is 17.4 Å². The molecule has 0 aliphatic carbocycles. The maximum absolute atomic E-state index is 13.1. The molecule has 0 N–H and O–H groups in total. The molecule has 0 amide bonds. The number of ketones is 1. The summed E-state index contributed by atoms with van der Waals surface area (Å²) in [7, 11) is 0. The number of carbonyl (C=O) groups is 1. The zero-order valence-corrected chi connectivity index (χ0v) is 11.7. The molecule has 1 aromatic heterocycles. The molecule has 0 saturated heterocycles.